The van der Waals surface area contributed by atoms with Crippen LogP contribution in [-0.4, -0.2) is 16.6 Å². The Morgan fingerprint density at radius 2 is 2.37 bits per heavy atom. The highest BCUT2D eigenvalue weighted by atomic mass is 32.1. The largest absolute Gasteiger partial charge is 0.508 e. The predicted octanol–water partition coefficient (Wildman–Crippen LogP) is 3.06. The molecule has 0 saturated carbocycles. The summed E-state index contributed by atoms with van der Waals surface area (Å²) in [6, 6.07) is 6.12. The van der Waals surface area contributed by atoms with E-state index in [2.05, 4.69) is 21.7 Å². The van der Waals surface area contributed by atoms with Gasteiger partial charge in [0.05, 0.1) is 11.2 Å². The van der Waals surface area contributed by atoms with Gasteiger partial charge in [0.15, 0.2) is 0 Å². The molecule has 3 rings (SSSR count). The Balaban J connectivity index is 1.64. The van der Waals surface area contributed by atoms with Crippen LogP contribution < -0.4 is 5.32 Å². The van der Waals surface area contributed by atoms with Crippen molar-refractivity contribution >= 4 is 11.3 Å². The van der Waals surface area contributed by atoms with E-state index in [-0.39, 0.29) is 0 Å². The number of aromatic nitrogens is 1. The molecule has 1 aromatic heterocycles. The molecule has 3 nitrogen and oxygen atoms in total. The topological polar surface area (TPSA) is 45.1 Å². The minimum Gasteiger partial charge on any atom is -0.508 e. The predicted molar refractivity (Wildman–Crippen MR) is 77.6 cm³/mol. The smallest absolute Gasteiger partial charge is 0.115 e. The van der Waals surface area contributed by atoms with E-state index >= 15 is 0 Å². The van der Waals surface area contributed by atoms with E-state index in [1.165, 1.54) is 17.5 Å². The molecule has 1 aliphatic carbocycles. The van der Waals surface area contributed by atoms with Crippen molar-refractivity contribution in [2.45, 2.75) is 31.7 Å². The second kappa shape index (κ2) is 5.72. The first-order chi connectivity index (χ1) is 9.33. The Morgan fingerprint density at radius 3 is 3.21 bits per heavy atom. The normalized spacial score (nSPS) is 18.2. The van der Waals surface area contributed by atoms with Crippen molar-refractivity contribution in [3.8, 4) is 5.75 Å². The van der Waals surface area contributed by atoms with E-state index in [0.29, 0.717) is 11.8 Å². The van der Waals surface area contributed by atoms with Crippen LogP contribution in [0.5, 0.6) is 5.75 Å². The van der Waals surface area contributed by atoms with Gasteiger partial charge in [-0.2, -0.15) is 0 Å². The van der Waals surface area contributed by atoms with Crippen molar-refractivity contribution in [2.75, 3.05) is 6.54 Å². The number of fused-ring (bicyclic) bond motifs is 1. The fraction of sp³-hybridized carbons (Fsp3) is 0.400. The zero-order chi connectivity index (χ0) is 13.1. The molecular formula is C15H18N2OS. The number of benzene rings is 1. The van der Waals surface area contributed by atoms with Gasteiger partial charge in [-0.3, -0.25) is 0 Å². The molecule has 1 aliphatic rings. The summed E-state index contributed by atoms with van der Waals surface area (Å²) < 4.78 is 0. The molecule has 2 aromatic rings. The lowest BCUT2D eigenvalue weighted by atomic mass is 9.87. The maximum Gasteiger partial charge on any atom is 0.115 e. The Labute approximate surface area is 117 Å². The van der Waals surface area contributed by atoms with Gasteiger partial charge in [0, 0.05) is 24.4 Å². The number of nitrogens with zero attached hydrogens (tertiary/aromatic N) is 1. The molecular weight excluding hydrogens is 256 g/mol. The third-order valence-corrected chi connectivity index (χ3v) is 4.33. The van der Waals surface area contributed by atoms with Crippen molar-refractivity contribution in [2.24, 2.45) is 0 Å². The van der Waals surface area contributed by atoms with E-state index in [1.54, 1.807) is 17.4 Å². The molecule has 4 heteroatoms. The van der Waals surface area contributed by atoms with Crippen LogP contribution in [0.25, 0.3) is 0 Å². The minimum atomic E-state index is 0.368. The molecule has 0 bridgehead atoms. The molecule has 0 fully saturated rings. The number of rotatable bonds is 4. The van der Waals surface area contributed by atoms with Gasteiger partial charge >= 0.3 is 0 Å². The number of thiazole rings is 1. The second-order valence-electron chi connectivity index (χ2n) is 5.01. The summed E-state index contributed by atoms with van der Waals surface area (Å²) in [7, 11) is 0. The first-order valence-corrected chi connectivity index (χ1v) is 7.69. The molecule has 0 saturated heterocycles. The van der Waals surface area contributed by atoms with Crippen LogP contribution in [0.15, 0.2) is 29.1 Å². The van der Waals surface area contributed by atoms with Gasteiger partial charge in [0.2, 0.25) is 0 Å². The SMILES string of the molecule is Oc1ccc2c(c1)C(NCCc1cscn1)CCC2. The highest BCUT2D eigenvalue weighted by Crippen LogP contribution is 2.31. The number of nitrogens with one attached hydrogen (secondary N) is 1. The fourth-order valence-corrected chi connectivity index (χ4v) is 3.33. The van der Waals surface area contributed by atoms with Crippen LogP contribution in [0.1, 0.15) is 35.7 Å². The van der Waals surface area contributed by atoms with Gasteiger partial charge in [0.1, 0.15) is 5.75 Å². The average Bonchev–Trinajstić information content (AvgIpc) is 2.92. The number of hydrogen-bond acceptors (Lipinski definition) is 4. The van der Waals surface area contributed by atoms with Gasteiger partial charge in [-0.15, -0.1) is 11.3 Å². The van der Waals surface area contributed by atoms with Crippen molar-refractivity contribution < 1.29 is 5.11 Å². The number of phenols is 1. The molecule has 1 aromatic carbocycles. The molecule has 19 heavy (non-hydrogen) atoms. The number of hydrogen-bond donors (Lipinski definition) is 2. The van der Waals surface area contributed by atoms with Crippen LogP contribution in [0, 0.1) is 0 Å². The summed E-state index contributed by atoms with van der Waals surface area (Å²) in [6.45, 7) is 0.934. The zero-order valence-corrected chi connectivity index (χ0v) is 11.6. The van der Waals surface area contributed by atoms with Crippen LogP contribution in [0.2, 0.25) is 0 Å². The molecule has 0 spiro atoms. The van der Waals surface area contributed by atoms with E-state index in [9.17, 15) is 5.11 Å². The summed E-state index contributed by atoms with van der Waals surface area (Å²) in [6.07, 6.45) is 4.45. The lowest BCUT2D eigenvalue weighted by molar-refractivity contribution is 0.448. The van der Waals surface area contributed by atoms with Crippen molar-refractivity contribution in [3.63, 3.8) is 0 Å². The van der Waals surface area contributed by atoms with Gasteiger partial charge < -0.3 is 10.4 Å². The number of aromatic hydroxyl groups is 1. The van der Waals surface area contributed by atoms with Gasteiger partial charge in [-0.05, 0) is 42.5 Å². The van der Waals surface area contributed by atoms with E-state index in [4.69, 9.17) is 0 Å². The van der Waals surface area contributed by atoms with E-state index in [1.807, 2.05) is 11.6 Å². The maximum atomic E-state index is 9.65. The Kier molecular flexibility index (Phi) is 3.80. The molecule has 1 atom stereocenters. The summed E-state index contributed by atoms with van der Waals surface area (Å²) in [4.78, 5) is 4.30. The monoisotopic (exact) mass is 274 g/mol. The quantitative estimate of drug-likeness (QED) is 0.900. The van der Waals surface area contributed by atoms with Gasteiger partial charge in [0.25, 0.3) is 0 Å². The average molecular weight is 274 g/mol. The number of phenolic OH excluding ortho intramolecular Hbond substituents is 1. The highest BCUT2D eigenvalue weighted by molar-refractivity contribution is 7.07. The van der Waals surface area contributed by atoms with Crippen molar-refractivity contribution in [1.82, 2.24) is 10.3 Å². The second-order valence-corrected chi connectivity index (χ2v) is 5.73. The van der Waals surface area contributed by atoms with Crippen molar-refractivity contribution in [3.05, 3.63) is 45.9 Å². The maximum absolute atomic E-state index is 9.65. The molecule has 0 amide bonds. The highest BCUT2D eigenvalue weighted by Gasteiger charge is 2.19. The van der Waals surface area contributed by atoms with Crippen LogP contribution in [0.3, 0.4) is 0 Å². The molecule has 1 unspecified atom stereocenters. The molecule has 0 radical (unpaired) electrons. The van der Waals surface area contributed by atoms with E-state index in [0.717, 1.165) is 31.5 Å². The van der Waals surface area contributed by atoms with Crippen LogP contribution >= 0.6 is 11.3 Å². The van der Waals surface area contributed by atoms with Gasteiger partial charge in [-0.25, -0.2) is 4.98 Å². The van der Waals surface area contributed by atoms with Gasteiger partial charge in [-0.1, -0.05) is 6.07 Å². The molecule has 0 aliphatic heterocycles. The van der Waals surface area contributed by atoms with Crippen LogP contribution in [0.4, 0.5) is 0 Å². The minimum absolute atomic E-state index is 0.368. The Bertz CT molecular complexity index is 539. The fourth-order valence-electron chi connectivity index (χ4n) is 2.73. The first-order valence-electron chi connectivity index (χ1n) is 6.75. The third kappa shape index (κ3) is 2.96. The number of aryl methyl sites for hydroxylation is 1. The Hall–Kier alpha value is -1.39. The summed E-state index contributed by atoms with van der Waals surface area (Å²) in [5, 5.41) is 15.3. The third-order valence-electron chi connectivity index (χ3n) is 3.70. The lowest BCUT2D eigenvalue weighted by Gasteiger charge is -2.26. The van der Waals surface area contributed by atoms with E-state index < -0.39 is 0 Å². The standard InChI is InChI=1S/C15H18N2OS/c18-13-5-4-11-2-1-3-15(14(11)8-13)16-7-6-12-9-19-10-17-12/h4-5,8-10,15-16,18H,1-3,6-7H2. The van der Waals surface area contributed by atoms with Crippen LogP contribution in [-0.2, 0) is 12.8 Å². The lowest BCUT2D eigenvalue weighted by Crippen LogP contribution is -2.27. The molecule has 1 heterocycles. The Morgan fingerprint density at radius 1 is 1.42 bits per heavy atom. The zero-order valence-electron chi connectivity index (χ0n) is 10.8. The molecule has 2 N–H and O–H groups in total. The molecule has 100 valence electrons. The first kappa shape index (κ1) is 12.6. The summed E-state index contributed by atoms with van der Waals surface area (Å²) in [5.41, 5.74) is 5.67. The van der Waals surface area contributed by atoms with Crippen molar-refractivity contribution in [1.29, 1.82) is 0 Å². The summed E-state index contributed by atoms with van der Waals surface area (Å²) >= 11 is 1.64. The summed E-state index contributed by atoms with van der Waals surface area (Å²) in [5.74, 6) is 0.368.